The molecule has 0 spiro atoms. The summed E-state index contributed by atoms with van der Waals surface area (Å²) in [6.45, 7) is 3.97. The number of hydrogen-bond acceptors (Lipinski definition) is 8. The highest BCUT2D eigenvalue weighted by Crippen LogP contribution is 2.40. The summed E-state index contributed by atoms with van der Waals surface area (Å²) in [5.41, 5.74) is 1.00. The smallest absolute Gasteiger partial charge is 0.490 e. The number of morpholine rings is 1. The molecule has 3 aromatic rings. The minimum atomic E-state index is -5.08. The van der Waals surface area contributed by atoms with Crippen molar-refractivity contribution in [1.82, 2.24) is 4.90 Å². The number of para-hydroxylation sites is 1. The Morgan fingerprint density at radius 1 is 1.00 bits per heavy atom. The number of rotatable bonds is 8. The summed E-state index contributed by atoms with van der Waals surface area (Å²) in [7, 11) is -4.13. The number of carboxylic acid groups (broad SMARTS) is 2. The third kappa shape index (κ3) is 8.15. The maximum atomic E-state index is 13.4. The first kappa shape index (κ1) is 33.2. The number of alkyl halides is 3. The van der Waals surface area contributed by atoms with Gasteiger partial charge in [0.15, 0.2) is 0 Å². The fourth-order valence-electron chi connectivity index (χ4n) is 4.49. The van der Waals surface area contributed by atoms with Gasteiger partial charge in [-0.2, -0.15) is 13.2 Å². The van der Waals surface area contributed by atoms with Crippen LogP contribution in [-0.2, 0) is 19.6 Å². The van der Waals surface area contributed by atoms with Crippen molar-refractivity contribution in [2.24, 2.45) is 0 Å². The lowest BCUT2D eigenvalue weighted by Gasteiger charge is -2.35. The van der Waals surface area contributed by atoms with Crippen molar-refractivity contribution in [3.8, 4) is 22.6 Å². The average molecular weight is 627 g/mol. The number of carbonyl (C=O) groups is 2. The molecule has 3 aromatic carbocycles. The molecule has 0 bridgehead atoms. The van der Waals surface area contributed by atoms with E-state index in [2.05, 4.69) is 4.72 Å². The SMILES string of the molecule is CCC(c1c(NS(=O)(=O)c2cccc(-c3ccccc3O)c2)ccc(C(=O)O)c1O)N1CCOCC1.O=C(O)C(F)(F)F. The van der Waals surface area contributed by atoms with E-state index in [4.69, 9.17) is 14.6 Å². The number of benzene rings is 3. The van der Waals surface area contributed by atoms with Crippen LogP contribution in [0.2, 0.25) is 0 Å². The number of nitrogens with one attached hydrogen (secondary N) is 1. The number of hydrogen-bond donors (Lipinski definition) is 5. The van der Waals surface area contributed by atoms with Crippen molar-refractivity contribution in [3.63, 3.8) is 0 Å². The molecular formula is C28H29F3N2O9S. The zero-order valence-corrected chi connectivity index (χ0v) is 23.5. The zero-order valence-electron chi connectivity index (χ0n) is 22.7. The summed E-state index contributed by atoms with van der Waals surface area (Å²) in [6, 6.07) is 14.9. The number of carboxylic acids is 2. The van der Waals surface area contributed by atoms with Gasteiger partial charge in [0.2, 0.25) is 0 Å². The van der Waals surface area contributed by atoms with E-state index in [1.165, 1.54) is 30.3 Å². The third-order valence-corrected chi connectivity index (χ3v) is 7.86. The Labute approximate surface area is 244 Å². The van der Waals surface area contributed by atoms with Crippen molar-refractivity contribution in [1.29, 1.82) is 0 Å². The second kappa shape index (κ2) is 13.8. The molecule has 0 radical (unpaired) electrons. The second-order valence-electron chi connectivity index (χ2n) is 9.25. The lowest BCUT2D eigenvalue weighted by atomic mass is 9.96. The number of aromatic carboxylic acids is 1. The number of sulfonamides is 1. The number of halogens is 3. The molecule has 1 unspecified atom stereocenters. The van der Waals surface area contributed by atoms with Crippen LogP contribution in [-0.4, -0.2) is 78.2 Å². The summed E-state index contributed by atoms with van der Waals surface area (Å²) in [6.07, 6.45) is -4.58. The molecule has 0 aliphatic carbocycles. The average Bonchev–Trinajstić information content (AvgIpc) is 2.95. The van der Waals surface area contributed by atoms with E-state index < -0.39 is 39.9 Å². The van der Waals surface area contributed by atoms with Crippen LogP contribution in [0.5, 0.6) is 11.5 Å². The maximum Gasteiger partial charge on any atom is 0.490 e. The number of ether oxygens (including phenoxy) is 1. The molecule has 232 valence electrons. The maximum absolute atomic E-state index is 13.4. The predicted molar refractivity (Wildman–Crippen MR) is 149 cm³/mol. The Hall–Kier alpha value is -4.34. The normalized spacial score (nSPS) is 14.7. The monoisotopic (exact) mass is 626 g/mol. The van der Waals surface area contributed by atoms with Gasteiger partial charge in [-0.05, 0) is 42.3 Å². The highest BCUT2D eigenvalue weighted by atomic mass is 32.2. The van der Waals surface area contributed by atoms with E-state index in [0.717, 1.165) is 0 Å². The van der Waals surface area contributed by atoms with Gasteiger partial charge in [-0.1, -0.05) is 37.3 Å². The molecule has 1 atom stereocenters. The van der Waals surface area contributed by atoms with E-state index in [-0.39, 0.29) is 27.5 Å². The molecule has 4 rings (SSSR count). The minimum Gasteiger partial charge on any atom is -0.507 e. The Morgan fingerprint density at radius 2 is 1.63 bits per heavy atom. The molecule has 0 saturated carbocycles. The molecule has 1 heterocycles. The topological polar surface area (TPSA) is 174 Å². The van der Waals surface area contributed by atoms with Gasteiger partial charge in [-0.25, -0.2) is 18.0 Å². The molecule has 5 N–H and O–H groups in total. The first-order chi connectivity index (χ1) is 20.2. The van der Waals surface area contributed by atoms with E-state index in [1.54, 1.807) is 30.3 Å². The van der Waals surface area contributed by atoms with Crippen LogP contribution in [0.25, 0.3) is 11.1 Å². The van der Waals surface area contributed by atoms with Crippen LogP contribution in [0.3, 0.4) is 0 Å². The molecule has 0 aromatic heterocycles. The Kier molecular flexibility index (Phi) is 10.6. The van der Waals surface area contributed by atoms with Gasteiger partial charge in [-0.15, -0.1) is 0 Å². The molecule has 1 aliphatic rings. The number of phenolic OH excluding ortho intramolecular Hbond substituents is 1. The fourth-order valence-corrected chi connectivity index (χ4v) is 5.62. The largest absolute Gasteiger partial charge is 0.507 e. The van der Waals surface area contributed by atoms with Gasteiger partial charge < -0.3 is 25.2 Å². The lowest BCUT2D eigenvalue weighted by Crippen LogP contribution is -2.39. The number of nitrogens with zero attached hydrogens (tertiary/aromatic N) is 1. The van der Waals surface area contributed by atoms with E-state index in [0.29, 0.717) is 43.9 Å². The van der Waals surface area contributed by atoms with Crippen LogP contribution >= 0.6 is 0 Å². The first-order valence-corrected chi connectivity index (χ1v) is 14.3. The standard InChI is InChI=1S/C26H28N2O7S.C2HF3O2/c1-2-22(28-12-14-35-15-13-28)24-21(11-10-20(25(24)30)26(31)32)27-36(33,34)18-7-5-6-17(16-18)19-8-3-4-9-23(19)29;3-2(4,5)1(6)7/h3-11,16,22,27,29-30H,2,12-15H2,1H3,(H,31,32);(H,6,7). The molecule has 0 amide bonds. The zero-order chi connectivity index (χ0) is 31.9. The van der Waals surface area contributed by atoms with Crippen molar-refractivity contribution < 1.29 is 56.3 Å². The summed E-state index contributed by atoms with van der Waals surface area (Å²) in [4.78, 5) is 22.6. The molecule has 11 nitrogen and oxygen atoms in total. The number of anilines is 1. The molecule has 15 heteroatoms. The van der Waals surface area contributed by atoms with Crippen molar-refractivity contribution in [2.75, 3.05) is 31.0 Å². The van der Waals surface area contributed by atoms with Crippen LogP contribution in [0.4, 0.5) is 18.9 Å². The fraction of sp³-hybridized carbons (Fsp3) is 0.286. The molecule has 43 heavy (non-hydrogen) atoms. The molecule has 1 fully saturated rings. The molecular weight excluding hydrogens is 597 g/mol. The van der Waals surface area contributed by atoms with Gasteiger partial charge in [0.25, 0.3) is 10.0 Å². The van der Waals surface area contributed by atoms with Gasteiger partial charge in [0, 0.05) is 30.3 Å². The number of phenols is 2. The van der Waals surface area contributed by atoms with Crippen molar-refractivity contribution in [2.45, 2.75) is 30.5 Å². The van der Waals surface area contributed by atoms with Crippen LogP contribution in [0.1, 0.15) is 35.3 Å². The number of aliphatic carboxylic acids is 1. The quantitative estimate of drug-likeness (QED) is 0.236. The second-order valence-corrected chi connectivity index (χ2v) is 10.9. The summed E-state index contributed by atoms with van der Waals surface area (Å²) >= 11 is 0. The van der Waals surface area contributed by atoms with Crippen molar-refractivity contribution in [3.05, 3.63) is 71.8 Å². The van der Waals surface area contributed by atoms with E-state index >= 15 is 0 Å². The van der Waals surface area contributed by atoms with Gasteiger partial charge >= 0.3 is 18.1 Å². The highest BCUT2D eigenvalue weighted by Gasteiger charge is 2.38. The van der Waals surface area contributed by atoms with Crippen LogP contribution in [0.15, 0.2) is 65.6 Å². The Bertz CT molecular complexity index is 1570. The van der Waals surface area contributed by atoms with Gasteiger partial charge in [0.05, 0.1) is 23.8 Å². The van der Waals surface area contributed by atoms with Gasteiger partial charge in [-0.3, -0.25) is 9.62 Å². The number of aromatic hydroxyl groups is 2. The van der Waals surface area contributed by atoms with Gasteiger partial charge in [0.1, 0.15) is 17.1 Å². The van der Waals surface area contributed by atoms with Crippen molar-refractivity contribution >= 4 is 27.6 Å². The first-order valence-electron chi connectivity index (χ1n) is 12.8. The molecule has 1 saturated heterocycles. The summed E-state index contributed by atoms with van der Waals surface area (Å²) in [5.74, 6) is -4.51. The lowest BCUT2D eigenvalue weighted by molar-refractivity contribution is -0.192. The predicted octanol–water partition coefficient (Wildman–Crippen LogP) is 4.68. The minimum absolute atomic E-state index is 0.0211. The summed E-state index contributed by atoms with van der Waals surface area (Å²) in [5, 5.41) is 37.8. The van der Waals surface area contributed by atoms with E-state index in [1.807, 2.05) is 11.8 Å². The Morgan fingerprint density at radius 3 is 2.19 bits per heavy atom. The van der Waals surface area contributed by atoms with Crippen LogP contribution in [0, 0.1) is 0 Å². The van der Waals surface area contributed by atoms with Crippen LogP contribution < -0.4 is 4.72 Å². The third-order valence-electron chi connectivity index (χ3n) is 6.50. The van der Waals surface area contributed by atoms with E-state index in [9.17, 15) is 41.7 Å². The summed E-state index contributed by atoms with van der Waals surface area (Å²) < 4.78 is 66.6. The molecule has 1 aliphatic heterocycles. The Balaban J connectivity index is 0.000000646. The highest BCUT2D eigenvalue weighted by molar-refractivity contribution is 7.92.